The normalized spacial score (nSPS) is 10.7. The third kappa shape index (κ3) is 2.76. The van der Waals surface area contributed by atoms with Crippen molar-refractivity contribution in [1.29, 1.82) is 0 Å². The van der Waals surface area contributed by atoms with Crippen molar-refractivity contribution in [2.24, 2.45) is 5.73 Å². The summed E-state index contributed by atoms with van der Waals surface area (Å²) in [6.45, 7) is 0.404. The Morgan fingerprint density at radius 1 is 0.778 bits per heavy atom. The first-order valence-electron chi connectivity index (χ1n) is 5.16. The zero-order valence-electron chi connectivity index (χ0n) is 9.18. The Morgan fingerprint density at radius 2 is 1.33 bits per heavy atom. The van der Waals surface area contributed by atoms with Gasteiger partial charge in [0.25, 0.3) is 0 Å². The minimum atomic E-state index is 0.353. The summed E-state index contributed by atoms with van der Waals surface area (Å²) in [7, 11) is 0. The van der Waals surface area contributed by atoms with Crippen LogP contribution in [0.3, 0.4) is 0 Å². The Hall–Kier alpha value is -0.440. The van der Waals surface area contributed by atoms with Crippen LogP contribution in [-0.2, 0) is 6.54 Å². The molecule has 0 amide bonds. The van der Waals surface area contributed by atoms with Gasteiger partial charge in [-0.1, -0.05) is 58.5 Å². The van der Waals surface area contributed by atoms with E-state index in [1.807, 2.05) is 18.2 Å². The summed E-state index contributed by atoms with van der Waals surface area (Å²) in [4.78, 5) is 0. The maximum atomic E-state index is 6.12. The van der Waals surface area contributed by atoms with Crippen molar-refractivity contribution in [2.75, 3.05) is 0 Å². The van der Waals surface area contributed by atoms with E-state index in [0.717, 1.165) is 16.7 Å². The molecule has 0 unspecified atom stereocenters. The first-order valence-corrected chi connectivity index (χ1v) is 6.67. The molecule has 0 radical (unpaired) electrons. The van der Waals surface area contributed by atoms with Gasteiger partial charge in [0.15, 0.2) is 0 Å². The van der Waals surface area contributed by atoms with Gasteiger partial charge in [-0.2, -0.15) is 0 Å². The fourth-order valence-electron chi connectivity index (χ4n) is 1.61. The summed E-state index contributed by atoms with van der Waals surface area (Å²) >= 11 is 24.0. The van der Waals surface area contributed by atoms with Crippen molar-refractivity contribution in [3.05, 3.63) is 56.0 Å². The van der Waals surface area contributed by atoms with Crippen molar-refractivity contribution in [3.8, 4) is 11.1 Å². The van der Waals surface area contributed by atoms with E-state index in [2.05, 4.69) is 0 Å². The molecule has 0 bridgehead atoms. The Bertz CT molecular complexity index is 573. The van der Waals surface area contributed by atoms with Gasteiger partial charge in [-0.05, 0) is 34.9 Å². The van der Waals surface area contributed by atoms with Crippen LogP contribution in [0.15, 0.2) is 30.3 Å². The highest BCUT2D eigenvalue weighted by atomic mass is 35.5. The molecule has 2 aromatic rings. The van der Waals surface area contributed by atoms with E-state index in [9.17, 15) is 0 Å². The molecule has 1 nitrogen and oxygen atoms in total. The van der Waals surface area contributed by atoms with Crippen LogP contribution in [0, 0.1) is 0 Å². The van der Waals surface area contributed by atoms with Crippen molar-refractivity contribution in [3.63, 3.8) is 0 Å². The molecule has 2 N–H and O–H groups in total. The predicted molar refractivity (Wildman–Crippen MR) is 79.8 cm³/mol. The quantitative estimate of drug-likeness (QED) is 0.734. The number of nitrogens with two attached hydrogens (primary N) is 1. The number of rotatable bonds is 2. The molecule has 0 heterocycles. The Balaban J connectivity index is 2.52. The Kier molecular flexibility index (Phi) is 4.41. The van der Waals surface area contributed by atoms with E-state index in [1.54, 1.807) is 12.1 Å². The van der Waals surface area contributed by atoms with E-state index in [1.165, 1.54) is 0 Å². The van der Waals surface area contributed by atoms with Gasteiger partial charge in [0.05, 0.1) is 15.1 Å². The predicted octanol–water partition coefficient (Wildman–Crippen LogP) is 5.43. The van der Waals surface area contributed by atoms with Crippen molar-refractivity contribution >= 4 is 46.4 Å². The fraction of sp³-hybridized carbons (Fsp3) is 0.0769. The second kappa shape index (κ2) is 5.68. The fourth-order valence-corrected chi connectivity index (χ4v) is 2.47. The molecule has 0 aliphatic heterocycles. The molecule has 0 fully saturated rings. The molecular formula is C13H9Cl4N. The lowest BCUT2D eigenvalue weighted by Gasteiger charge is -2.08. The van der Waals surface area contributed by atoms with Crippen LogP contribution in [0.4, 0.5) is 0 Å². The number of hydrogen-bond acceptors (Lipinski definition) is 1. The largest absolute Gasteiger partial charge is 0.326 e. The van der Waals surface area contributed by atoms with Gasteiger partial charge >= 0.3 is 0 Å². The van der Waals surface area contributed by atoms with E-state index >= 15 is 0 Å². The van der Waals surface area contributed by atoms with Gasteiger partial charge in [-0.3, -0.25) is 0 Å². The zero-order valence-corrected chi connectivity index (χ0v) is 12.2. The van der Waals surface area contributed by atoms with Gasteiger partial charge in [0.2, 0.25) is 0 Å². The number of halogens is 4. The highest BCUT2D eigenvalue weighted by molar-refractivity contribution is 6.48. The summed E-state index contributed by atoms with van der Waals surface area (Å²) in [5.74, 6) is 0. The van der Waals surface area contributed by atoms with Gasteiger partial charge in [0, 0.05) is 11.6 Å². The summed E-state index contributed by atoms with van der Waals surface area (Å²) in [5, 5.41) is 1.81. The SMILES string of the molecule is NCc1ccc(-c2cc(Cl)c(Cl)c(Cl)c2)cc1Cl. The molecule has 0 spiro atoms. The highest BCUT2D eigenvalue weighted by Gasteiger charge is 2.08. The van der Waals surface area contributed by atoms with E-state index in [4.69, 9.17) is 52.1 Å². The zero-order chi connectivity index (χ0) is 13.3. The molecule has 0 aliphatic rings. The van der Waals surface area contributed by atoms with E-state index in [0.29, 0.717) is 26.6 Å². The second-order valence-corrected chi connectivity index (χ2v) is 5.36. The summed E-state index contributed by atoms with van der Waals surface area (Å²) in [6.07, 6.45) is 0. The molecule has 18 heavy (non-hydrogen) atoms. The third-order valence-electron chi connectivity index (χ3n) is 2.59. The van der Waals surface area contributed by atoms with Crippen LogP contribution < -0.4 is 5.73 Å². The smallest absolute Gasteiger partial charge is 0.0778 e. The maximum Gasteiger partial charge on any atom is 0.0778 e. The molecule has 0 aromatic heterocycles. The Labute approximate surface area is 125 Å². The average molecular weight is 321 g/mol. The van der Waals surface area contributed by atoms with Crippen LogP contribution in [0.2, 0.25) is 20.1 Å². The van der Waals surface area contributed by atoms with Gasteiger partial charge in [-0.15, -0.1) is 0 Å². The highest BCUT2D eigenvalue weighted by Crippen LogP contribution is 2.36. The monoisotopic (exact) mass is 319 g/mol. The van der Waals surface area contributed by atoms with Crippen LogP contribution in [0.25, 0.3) is 11.1 Å². The summed E-state index contributed by atoms with van der Waals surface area (Å²) in [6, 6.07) is 9.14. The summed E-state index contributed by atoms with van der Waals surface area (Å²) < 4.78 is 0. The molecule has 2 aromatic carbocycles. The molecule has 2 rings (SSSR count). The van der Waals surface area contributed by atoms with Crippen molar-refractivity contribution < 1.29 is 0 Å². The minimum Gasteiger partial charge on any atom is -0.326 e. The summed E-state index contributed by atoms with van der Waals surface area (Å²) in [5.41, 5.74) is 8.23. The van der Waals surface area contributed by atoms with E-state index in [-0.39, 0.29) is 0 Å². The first-order chi connectivity index (χ1) is 8.52. The maximum absolute atomic E-state index is 6.12. The second-order valence-electron chi connectivity index (χ2n) is 3.76. The van der Waals surface area contributed by atoms with Gasteiger partial charge in [-0.25, -0.2) is 0 Å². The van der Waals surface area contributed by atoms with Crippen LogP contribution in [0.5, 0.6) is 0 Å². The lowest BCUT2D eigenvalue weighted by atomic mass is 10.0. The van der Waals surface area contributed by atoms with Crippen molar-refractivity contribution in [2.45, 2.75) is 6.54 Å². The molecule has 0 aliphatic carbocycles. The van der Waals surface area contributed by atoms with Crippen LogP contribution >= 0.6 is 46.4 Å². The molecule has 0 saturated carbocycles. The molecule has 5 heteroatoms. The standard InChI is InChI=1S/C13H9Cl4N/c14-10-3-7(1-2-8(10)6-18)9-4-11(15)13(17)12(16)5-9/h1-5H,6,18H2. The minimum absolute atomic E-state index is 0.353. The number of hydrogen-bond donors (Lipinski definition) is 1. The van der Waals surface area contributed by atoms with Gasteiger partial charge < -0.3 is 5.73 Å². The number of benzene rings is 2. The van der Waals surface area contributed by atoms with Crippen LogP contribution in [0.1, 0.15) is 5.56 Å². The molecule has 0 saturated heterocycles. The van der Waals surface area contributed by atoms with Gasteiger partial charge in [0.1, 0.15) is 0 Å². The molecule has 0 atom stereocenters. The average Bonchev–Trinajstić information content (AvgIpc) is 2.35. The molecule has 94 valence electrons. The topological polar surface area (TPSA) is 26.0 Å². The first kappa shape index (κ1) is 14.0. The molecular weight excluding hydrogens is 312 g/mol. The Morgan fingerprint density at radius 3 is 1.83 bits per heavy atom. The van der Waals surface area contributed by atoms with Crippen molar-refractivity contribution in [1.82, 2.24) is 0 Å². The van der Waals surface area contributed by atoms with Crippen LogP contribution in [-0.4, -0.2) is 0 Å². The third-order valence-corrected chi connectivity index (χ3v) is 4.14. The lowest BCUT2D eigenvalue weighted by Crippen LogP contribution is -1.96. The lowest BCUT2D eigenvalue weighted by molar-refractivity contribution is 1.07. The van der Waals surface area contributed by atoms with E-state index < -0.39 is 0 Å².